The van der Waals surface area contributed by atoms with Gasteiger partial charge in [-0.15, -0.1) is 5.34 Å². The fourth-order valence-corrected chi connectivity index (χ4v) is 0.170. The fourth-order valence-electron chi connectivity index (χ4n) is 0.170. The van der Waals surface area contributed by atoms with E-state index in [2.05, 4.69) is 16.3 Å². The molecule has 0 aliphatic rings. The first-order chi connectivity index (χ1) is 4.16. The van der Waals surface area contributed by atoms with Crippen LogP contribution in [0, 0.1) is 5.21 Å². The summed E-state index contributed by atoms with van der Waals surface area (Å²) in [5.74, 6) is 0.403. The largest absolute Gasteiger partial charge is 0.577 e. The maximum Gasteiger partial charge on any atom is 0.120 e. The molecule has 0 saturated carbocycles. The minimum absolute atomic E-state index is 0.403. The number of quaternary nitrogens is 1. The van der Waals surface area contributed by atoms with Gasteiger partial charge in [-0.3, -0.25) is 0 Å². The normalized spacial score (nSPS) is 12.8. The van der Waals surface area contributed by atoms with E-state index in [0.29, 0.717) is 5.76 Å². The molecule has 1 unspecified atom stereocenters. The third-order valence-corrected chi connectivity index (χ3v) is 0.494. The summed E-state index contributed by atoms with van der Waals surface area (Å²) in [5, 5.41) is 9.58. The SMILES string of the molecule is C=C(C)ON[NH+]([O-])OC. The second-order valence-corrected chi connectivity index (χ2v) is 1.40. The first kappa shape index (κ1) is 8.38. The van der Waals surface area contributed by atoms with Gasteiger partial charge in [0.25, 0.3) is 0 Å². The predicted molar refractivity (Wildman–Crippen MR) is 30.4 cm³/mol. The Hall–Kier alpha value is -0.620. The molecule has 0 radical (unpaired) electrons. The molecule has 0 fully saturated rings. The van der Waals surface area contributed by atoms with Crippen LogP contribution in [0.15, 0.2) is 12.3 Å². The number of rotatable bonds is 4. The van der Waals surface area contributed by atoms with Gasteiger partial charge in [-0.05, 0) is 6.92 Å². The Morgan fingerprint density at radius 2 is 2.33 bits per heavy atom. The van der Waals surface area contributed by atoms with Crippen molar-refractivity contribution < 1.29 is 15.0 Å². The fraction of sp³-hybridized carbons (Fsp3) is 0.500. The minimum atomic E-state index is -0.641. The van der Waals surface area contributed by atoms with E-state index in [1.807, 2.05) is 5.59 Å². The van der Waals surface area contributed by atoms with Crippen LogP contribution in [0.25, 0.3) is 0 Å². The summed E-state index contributed by atoms with van der Waals surface area (Å²) >= 11 is 0. The molecule has 0 aromatic carbocycles. The Labute approximate surface area is 53.3 Å². The first-order valence-corrected chi connectivity index (χ1v) is 2.33. The zero-order valence-electron chi connectivity index (χ0n) is 5.43. The molecule has 0 aliphatic carbocycles. The molecular weight excluding hydrogens is 124 g/mol. The highest BCUT2D eigenvalue weighted by Crippen LogP contribution is 1.79. The van der Waals surface area contributed by atoms with Gasteiger partial charge in [0.1, 0.15) is 5.76 Å². The van der Waals surface area contributed by atoms with E-state index in [9.17, 15) is 5.21 Å². The Bertz CT molecular complexity index is 95.8. The van der Waals surface area contributed by atoms with Gasteiger partial charge in [0, 0.05) is 5.59 Å². The lowest BCUT2D eigenvalue weighted by Crippen LogP contribution is -3.12. The zero-order valence-corrected chi connectivity index (χ0v) is 5.43. The first-order valence-electron chi connectivity index (χ1n) is 2.33. The van der Waals surface area contributed by atoms with E-state index in [-0.39, 0.29) is 0 Å². The second-order valence-electron chi connectivity index (χ2n) is 1.40. The van der Waals surface area contributed by atoms with Crippen LogP contribution in [0.2, 0.25) is 0 Å². The molecule has 0 aromatic heterocycles. The molecule has 0 bridgehead atoms. The summed E-state index contributed by atoms with van der Waals surface area (Å²) in [5.41, 5.74) is 1.97. The van der Waals surface area contributed by atoms with Crippen molar-refractivity contribution in [1.29, 1.82) is 0 Å². The summed E-state index contributed by atoms with van der Waals surface area (Å²) < 4.78 is 0. The molecule has 0 saturated heterocycles. The second kappa shape index (κ2) is 4.28. The Morgan fingerprint density at radius 1 is 1.78 bits per heavy atom. The topological polar surface area (TPSA) is 58.0 Å². The molecule has 5 nitrogen and oxygen atoms in total. The van der Waals surface area contributed by atoms with Gasteiger partial charge in [0.15, 0.2) is 0 Å². The third-order valence-electron chi connectivity index (χ3n) is 0.494. The van der Waals surface area contributed by atoms with Crippen LogP contribution >= 0.6 is 0 Å². The highest BCUT2D eigenvalue weighted by Gasteiger charge is 1.90. The molecule has 54 valence electrons. The van der Waals surface area contributed by atoms with Crippen molar-refractivity contribution in [2.75, 3.05) is 7.11 Å². The van der Waals surface area contributed by atoms with E-state index in [1.165, 1.54) is 7.11 Å². The molecule has 0 heterocycles. The van der Waals surface area contributed by atoms with Gasteiger partial charge in [-0.2, -0.15) is 4.84 Å². The summed E-state index contributed by atoms with van der Waals surface area (Å²) in [6, 6.07) is 0. The van der Waals surface area contributed by atoms with E-state index < -0.39 is 5.34 Å². The molecule has 0 spiro atoms. The van der Waals surface area contributed by atoms with Gasteiger partial charge in [0.05, 0.1) is 7.11 Å². The Morgan fingerprint density at radius 3 is 2.67 bits per heavy atom. The maximum absolute atomic E-state index is 10.2. The number of nitrogens with one attached hydrogen (secondary N) is 2. The molecule has 0 amide bonds. The van der Waals surface area contributed by atoms with Crippen molar-refractivity contribution >= 4 is 0 Å². The lowest BCUT2D eigenvalue weighted by Gasteiger charge is -2.15. The van der Waals surface area contributed by atoms with E-state index >= 15 is 0 Å². The summed E-state index contributed by atoms with van der Waals surface area (Å²) in [7, 11) is 1.25. The molecule has 1 atom stereocenters. The third kappa shape index (κ3) is 5.25. The van der Waals surface area contributed by atoms with Crippen molar-refractivity contribution in [3.63, 3.8) is 0 Å². The number of allylic oxidation sites excluding steroid dienone is 1. The van der Waals surface area contributed by atoms with E-state index in [1.54, 1.807) is 6.92 Å². The van der Waals surface area contributed by atoms with Crippen molar-refractivity contribution in [2.24, 2.45) is 0 Å². The van der Waals surface area contributed by atoms with Crippen LogP contribution in [0.4, 0.5) is 0 Å². The molecule has 9 heavy (non-hydrogen) atoms. The Balaban J connectivity index is 3.16. The Kier molecular flexibility index (Phi) is 3.98. The van der Waals surface area contributed by atoms with Crippen molar-refractivity contribution in [1.82, 2.24) is 5.59 Å². The average Bonchev–Trinajstić information content (AvgIpc) is 1.83. The van der Waals surface area contributed by atoms with Gasteiger partial charge in [0.2, 0.25) is 0 Å². The summed E-state index contributed by atoms with van der Waals surface area (Å²) in [6.45, 7) is 4.98. The zero-order chi connectivity index (χ0) is 7.28. The lowest BCUT2D eigenvalue weighted by molar-refractivity contribution is -1.10. The molecule has 0 aromatic rings. The quantitative estimate of drug-likeness (QED) is 0.378. The van der Waals surface area contributed by atoms with Crippen LogP contribution in [0.1, 0.15) is 6.92 Å². The standard InChI is InChI=1S/C4H10N2O3/c1-4(2)9-5-6(7)8-3/h5-6H,1H2,2-3H3. The smallest absolute Gasteiger partial charge is 0.120 e. The van der Waals surface area contributed by atoms with Crippen molar-refractivity contribution in [2.45, 2.75) is 6.92 Å². The molecule has 0 rings (SSSR count). The molecule has 0 aliphatic heterocycles. The van der Waals surface area contributed by atoms with Gasteiger partial charge in [-0.25, -0.2) is 0 Å². The van der Waals surface area contributed by atoms with Crippen LogP contribution in [-0.4, -0.2) is 7.11 Å². The van der Waals surface area contributed by atoms with Gasteiger partial charge < -0.3 is 10.0 Å². The highest BCUT2D eigenvalue weighted by molar-refractivity contribution is 4.70. The van der Waals surface area contributed by atoms with Crippen LogP contribution in [0.5, 0.6) is 0 Å². The maximum atomic E-state index is 10.2. The number of hydrogen-bond donors (Lipinski definition) is 2. The van der Waals surface area contributed by atoms with E-state index in [4.69, 9.17) is 0 Å². The van der Waals surface area contributed by atoms with E-state index in [0.717, 1.165) is 0 Å². The van der Waals surface area contributed by atoms with Crippen LogP contribution in [0.3, 0.4) is 0 Å². The molecular formula is C4H10N2O3. The van der Waals surface area contributed by atoms with Crippen LogP contribution in [-0.2, 0) is 9.68 Å². The van der Waals surface area contributed by atoms with Crippen molar-refractivity contribution in [3.8, 4) is 0 Å². The predicted octanol–water partition coefficient (Wildman–Crippen LogP) is -1.10. The average molecular weight is 134 g/mol. The van der Waals surface area contributed by atoms with Crippen molar-refractivity contribution in [3.05, 3.63) is 17.5 Å². The van der Waals surface area contributed by atoms with Gasteiger partial charge in [-0.1, -0.05) is 6.58 Å². The summed E-state index contributed by atoms with van der Waals surface area (Å²) in [6.07, 6.45) is 0. The molecule has 5 heteroatoms. The van der Waals surface area contributed by atoms with Crippen LogP contribution < -0.4 is 10.9 Å². The number of hydrogen-bond acceptors (Lipinski definition) is 4. The van der Waals surface area contributed by atoms with Gasteiger partial charge >= 0.3 is 0 Å². The minimum Gasteiger partial charge on any atom is -0.577 e. The highest BCUT2D eigenvalue weighted by atomic mass is 17.0. The lowest BCUT2D eigenvalue weighted by atomic mass is 10.7. The molecule has 2 N–H and O–H groups in total. The summed E-state index contributed by atoms with van der Waals surface area (Å²) in [4.78, 5) is 8.66. The monoisotopic (exact) mass is 134 g/mol.